The number of aryl methyl sites for hydroxylation is 2. The highest BCUT2D eigenvalue weighted by Gasteiger charge is 2.06. The first-order chi connectivity index (χ1) is 11.6. The zero-order chi connectivity index (χ0) is 17.4. The largest absolute Gasteiger partial charge is 0.481 e. The van der Waals surface area contributed by atoms with Crippen LogP contribution in [0.3, 0.4) is 0 Å². The molecule has 0 atom stereocenters. The minimum absolute atomic E-state index is 0.0625. The molecule has 2 rings (SSSR count). The Labute approximate surface area is 141 Å². The summed E-state index contributed by atoms with van der Waals surface area (Å²) in [5.74, 6) is -1.61. The number of nitrogens with zero attached hydrogens (tertiary/aromatic N) is 2. The molecule has 0 aliphatic heterocycles. The van der Waals surface area contributed by atoms with Gasteiger partial charge in [-0.15, -0.1) is 0 Å². The van der Waals surface area contributed by atoms with Crippen LogP contribution in [0.1, 0.15) is 37.1 Å². The van der Waals surface area contributed by atoms with Gasteiger partial charge in [0.05, 0.1) is 12.8 Å². The molecule has 2 aromatic rings. The van der Waals surface area contributed by atoms with E-state index < -0.39 is 11.9 Å². The Kier molecular flexibility index (Phi) is 6.66. The number of rotatable bonds is 11. The van der Waals surface area contributed by atoms with Crippen molar-refractivity contribution in [1.82, 2.24) is 9.13 Å². The van der Waals surface area contributed by atoms with Gasteiger partial charge in [-0.1, -0.05) is 12.8 Å². The number of carboxylic acids is 2. The predicted molar refractivity (Wildman–Crippen MR) is 90.0 cm³/mol. The van der Waals surface area contributed by atoms with Crippen LogP contribution in [-0.2, 0) is 35.5 Å². The third-order valence-corrected chi connectivity index (χ3v) is 4.06. The van der Waals surface area contributed by atoms with Gasteiger partial charge >= 0.3 is 11.9 Å². The van der Waals surface area contributed by atoms with Crippen LogP contribution >= 0.6 is 0 Å². The number of carboxylic acid groups (broad SMARTS) is 2. The standard InChI is InChI=1S/C18H24N2O4/c21-17(22)13-15-7-5-11-19(15)9-3-1-2-4-10-20-12-6-8-16(20)14-18(23)24/h5-8,11-12H,1-4,9-10,13-14H2,(H,21,22)(H,23,24). The van der Waals surface area contributed by atoms with Crippen LogP contribution in [0.2, 0.25) is 0 Å². The van der Waals surface area contributed by atoms with Crippen LogP contribution in [0.5, 0.6) is 0 Å². The number of hydrogen-bond donors (Lipinski definition) is 2. The highest BCUT2D eigenvalue weighted by molar-refractivity contribution is 5.70. The van der Waals surface area contributed by atoms with Crippen molar-refractivity contribution in [2.45, 2.75) is 51.6 Å². The fraction of sp³-hybridized carbons (Fsp3) is 0.444. The van der Waals surface area contributed by atoms with Crippen LogP contribution in [0.4, 0.5) is 0 Å². The maximum atomic E-state index is 10.8. The van der Waals surface area contributed by atoms with E-state index in [2.05, 4.69) is 0 Å². The summed E-state index contributed by atoms with van der Waals surface area (Å²) in [7, 11) is 0. The molecule has 0 aliphatic rings. The number of aromatic nitrogens is 2. The molecule has 0 saturated heterocycles. The van der Waals surface area contributed by atoms with Gasteiger partial charge in [0.1, 0.15) is 0 Å². The molecule has 0 spiro atoms. The summed E-state index contributed by atoms with van der Waals surface area (Å²) >= 11 is 0. The minimum atomic E-state index is -0.807. The van der Waals surface area contributed by atoms with E-state index in [-0.39, 0.29) is 12.8 Å². The quantitative estimate of drug-likeness (QED) is 0.620. The summed E-state index contributed by atoms with van der Waals surface area (Å²) in [6, 6.07) is 7.47. The molecule has 130 valence electrons. The first-order valence-corrected chi connectivity index (χ1v) is 8.28. The second-order valence-corrected chi connectivity index (χ2v) is 5.94. The van der Waals surface area contributed by atoms with Crippen LogP contribution in [0, 0.1) is 0 Å². The summed E-state index contributed by atoms with van der Waals surface area (Å²) in [6.07, 6.45) is 8.14. The molecule has 24 heavy (non-hydrogen) atoms. The molecule has 0 bridgehead atoms. The monoisotopic (exact) mass is 332 g/mol. The van der Waals surface area contributed by atoms with Crippen LogP contribution < -0.4 is 0 Å². The molecule has 2 N–H and O–H groups in total. The summed E-state index contributed by atoms with van der Waals surface area (Å²) in [5, 5.41) is 17.7. The number of aliphatic carboxylic acids is 2. The molecule has 6 heteroatoms. The van der Waals surface area contributed by atoms with Crippen molar-refractivity contribution in [2.24, 2.45) is 0 Å². The van der Waals surface area contributed by atoms with Gasteiger partial charge in [-0.2, -0.15) is 0 Å². The Hall–Kier alpha value is -2.50. The van der Waals surface area contributed by atoms with Crippen molar-refractivity contribution in [1.29, 1.82) is 0 Å². The van der Waals surface area contributed by atoms with E-state index in [1.165, 1.54) is 0 Å². The lowest BCUT2D eigenvalue weighted by Crippen LogP contribution is -2.08. The average molecular weight is 332 g/mol. The maximum Gasteiger partial charge on any atom is 0.309 e. The number of carbonyl (C=O) groups is 2. The van der Waals surface area contributed by atoms with E-state index >= 15 is 0 Å². The molecule has 0 aliphatic carbocycles. The predicted octanol–water partition coefficient (Wildman–Crippen LogP) is 2.80. The Morgan fingerprint density at radius 2 is 1.17 bits per heavy atom. The zero-order valence-electron chi connectivity index (χ0n) is 13.7. The van der Waals surface area contributed by atoms with Crippen molar-refractivity contribution >= 4 is 11.9 Å². The summed E-state index contributed by atoms with van der Waals surface area (Å²) < 4.78 is 4.01. The van der Waals surface area contributed by atoms with E-state index in [4.69, 9.17) is 10.2 Å². The molecule has 0 unspecified atom stereocenters. The van der Waals surface area contributed by atoms with Crippen LogP contribution in [-0.4, -0.2) is 31.3 Å². The van der Waals surface area contributed by atoms with E-state index in [9.17, 15) is 9.59 Å². The van der Waals surface area contributed by atoms with Crippen LogP contribution in [0.25, 0.3) is 0 Å². The Bertz CT molecular complexity index is 614. The molecule has 0 saturated carbocycles. The fourth-order valence-electron chi connectivity index (χ4n) is 2.88. The average Bonchev–Trinajstić information content (AvgIpc) is 3.11. The Morgan fingerprint density at radius 1 is 0.750 bits per heavy atom. The first kappa shape index (κ1) is 17.8. The van der Waals surface area contributed by atoms with Gasteiger partial charge in [-0.25, -0.2) is 0 Å². The first-order valence-electron chi connectivity index (χ1n) is 8.28. The van der Waals surface area contributed by atoms with E-state index in [0.717, 1.165) is 50.2 Å². The molecule has 0 radical (unpaired) electrons. The molecule has 2 aromatic heterocycles. The molecular formula is C18H24N2O4. The minimum Gasteiger partial charge on any atom is -0.481 e. The lowest BCUT2D eigenvalue weighted by atomic mass is 10.2. The smallest absolute Gasteiger partial charge is 0.309 e. The second-order valence-electron chi connectivity index (χ2n) is 5.94. The summed E-state index contributed by atoms with van der Waals surface area (Å²) in [6.45, 7) is 1.67. The lowest BCUT2D eigenvalue weighted by Gasteiger charge is -2.09. The molecule has 0 fully saturated rings. The molecule has 0 aromatic carbocycles. The van der Waals surface area contributed by atoms with Crippen molar-refractivity contribution in [3.05, 3.63) is 48.0 Å². The van der Waals surface area contributed by atoms with Crippen molar-refractivity contribution in [3.8, 4) is 0 Å². The molecule has 6 nitrogen and oxygen atoms in total. The van der Waals surface area contributed by atoms with E-state index in [0.29, 0.717) is 0 Å². The Balaban J connectivity index is 1.65. The number of hydrogen-bond acceptors (Lipinski definition) is 2. The maximum absolute atomic E-state index is 10.8. The second kappa shape index (κ2) is 8.96. The van der Waals surface area contributed by atoms with Gasteiger partial charge in [-0.05, 0) is 37.1 Å². The third-order valence-electron chi connectivity index (χ3n) is 4.06. The zero-order valence-corrected chi connectivity index (χ0v) is 13.7. The highest BCUT2D eigenvalue weighted by atomic mass is 16.4. The van der Waals surface area contributed by atoms with Gasteiger partial charge < -0.3 is 19.3 Å². The van der Waals surface area contributed by atoms with E-state index in [1.807, 2.05) is 45.8 Å². The van der Waals surface area contributed by atoms with Gasteiger partial charge in [0.25, 0.3) is 0 Å². The normalized spacial score (nSPS) is 10.8. The Morgan fingerprint density at radius 3 is 1.54 bits per heavy atom. The van der Waals surface area contributed by atoms with Crippen molar-refractivity contribution in [2.75, 3.05) is 0 Å². The molecule has 2 heterocycles. The van der Waals surface area contributed by atoms with Gasteiger partial charge in [0, 0.05) is 36.9 Å². The molecular weight excluding hydrogens is 308 g/mol. The fourth-order valence-corrected chi connectivity index (χ4v) is 2.88. The van der Waals surface area contributed by atoms with Crippen molar-refractivity contribution in [3.63, 3.8) is 0 Å². The van der Waals surface area contributed by atoms with Crippen molar-refractivity contribution < 1.29 is 19.8 Å². The summed E-state index contributed by atoms with van der Waals surface area (Å²) in [5.41, 5.74) is 1.68. The van der Waals surface area contributed by atoms with Gasteiger partial charge in [0.2, 0.25) is 0 Å². The van der Waals surface area contributed by atoms with Gasteiger partial charge in [-0.3, -0.25) is 9.59 Å². The molecule has 0 amide bonds. The lowest BCUT2D eigenvalue weighted by molar-refractivity contribution is -0.137. The third kappa shape index (κ3) is 5.61. The highest BCUT2D eigenvalue weighted by Crippen LogP contribution is 2.10. The summed E-state index contributed by atoms with van der Waals surface area (Å²) in [4.78, 5) is 21.6. The van der Waals surface area contributed by atoms with Gasteiger partial charge in [0.15, 0.2) is 0 Å². The SMILES string of the molecule is O=C(O)Cc1cccn1CCCCCCn1cccc1CC(=O)O. The van der Waals surface area contributed by atoms with E-state index in [1.54, 1.807) is 0 Å². The topological polar surface area (TPSA) is 84.5 Å². The number of unbranched alkanes of at least 4 members (excludes halogenated alkanes) is 3. The van der Waals surface area contributed by atoms with Crippen LogP contribution in [0.15, 0.2) is 36.7 Å².